The van der Waals surface area contributed by atoms with Gasteiger partial charge in [0.15, 0.2) is 5.82 Å². The molecule has 0 amide bonds. The fourth-order valence-corrected chi connectivity index (χ4v) is 2.51. The Kier molecular flexibility index (Phi) is 4.14. The Morgan fingerprint density at radius 3 is 2.45 bits per heavy atom. The summed E-state index contributed by atoms with van der Waals surface area (Å²) >= 11 is 6.13. The topological polar surface area (TPSA) is 61.0 Å². The summed E-state index contributed by atoms with van der Waals surface area (Å²) in [4.78, 5) is 8.92. The average Bonchev–Trinajstić information content (AvgIpc) is 2.37. The van der Waals surface area contributed by atoms with Crippen molar-refractivity contribution in [1.29, 1.82) is 0 Å². The van der Waals surface area contributed by atoms with Crippen molar-refractivity contribution in [2.24, 2.45) is 0 Å². The van der Waals surface area contributed by atoms with Crippen molar-refractivity contribution in [2.75, 3.05) is 12.8 Å². The van der Waals surface area contributed by atoms with Gasteiger partial charge in [-0.25, -0.2) is 9.97 Å². The Morgan fingerprint density at radius 1 is 1.25 bits per heavy atom. The van der Waals surface area contributed by atoms with Gasteiger partial charge in [-0.05, 0) is 31.0 Å². The van der Waals surface area contributed by atoms with Crippen LogP contribution in [0, 0.1) is 6.92 Å². The molecule has 2 N–H and O–H groups in total. The van der Waals surface area contributed by atoms with E-state index in [4.69, 9.17) is 22.1 Å². The summed E-state index contributed by atoms with van der Waals surface area (Å²) in [5.41, 5.74) is 8.76. The molecule has 4 nitrogen and oxygen atoms in total. The Bertz CT molecular complexity index is 618. The molecule has 0 radical (unpaired) electrons. The number of benzene rings is 1. The molecular formula is C15H18ClN3O. The molecule has 1 heterocycles. The van der Waals surface area contributed by atoms with Crippen LogP contribution in [0.1, 0.15) is 31.0 Å². The summed E-state index contributed by atoms with van der Waals surface area (Å²) in [6.07, 6.45) is 0. The number of halogens is 1. The lowest BCUT2D eigenvalue weighted by Crippen LogP contribution is -2.06. The number of nitrogen functional groups attached to an aromatic ring is 1. The van der Waals surface area contributed by atoms with Gasteiger partial charge < -0.3 is 10.5 Å². The number of aryl methyl sites for hydroxylation is 1. The van der Waals surface area contributed by atoms with Gasteiger partial charge in [0.25, 0.3) is 0 Å². The molecule has 0 saturated carbocycles. The van der Waals surface area contributed by atoms with Crippen molar-refractivity contribution in [3.05, 3.63) is 34.5 Å². The molecule has 0 aliphatic heterocycles. The number of aromatic nitrogens is 2. The van der Waals surface area contributed by atoms with Crippen LogP contribution < -0.4 is 10.5 Å². The van der Waals surface area contributed by atoms with E-state index in [0.717, 1.165) is 16.8 Å². The maximum absolute atomic E-state index is 6.13. The van der Waals surface area contributed by atoms with Gasteiger partial charge in [0, 0.05) is 16.8 Å². The van der Waals surface area contributed by atoms with Gasteiger partial charge in [0.2, 0.25) is 0 Å². The highest BCUT2D eigenvalue weighted by Gasteiger charge is 2.14. The highest BCUT2D eigenvalue weighted by atomic mass is 35.5. The number of hydrogen-bond donors (Lipinski definition) is 1. The van der Waals surface area contributed by atoms with Crippen molar-refractivity contribution < 1.29 is 4.74 Å². The lowest BCUT2D eigenvalue weighted by atomic mass is 10.0. The first-order valence-corrected chi connectivity index (χ1v) is 6.79. The minimum absolute atomic E-state index is 0.295. The van der Waals surface area contributed by atoms with E-state index in [1.165, 1.54) is 0 Å². The van der Waals surface area contributed by atoms with Gasteiger partial charge in [-0.3, -0.25) is 0 Å². The highest BCUT2D eigenvalue weighted by molar-refractivity contribution is 6.32. The SMILES string of the molecule is COc1ccc(-c2nc(C)c(C(C)C)c(N)n2)cc1Cl. The average molecular weight is 292 g/mol. The van der Waals surface area contributed by atoms with Gasteiger partial charge >= 0.3 is 0 Å². The highest BCUT2D eigenvalue weighted by Crippen LogP contribution is 2.31. The molecule has 0 unspecified atom stereocenters. The molecule has 0 bridgehead atoms. The fourth-order valence-electron chi connectivity index (χ4n) is 2.25. The minimum Gasteiger partial charge on any atom is -0.495 e. The van der Waals surface area contributed by atoms with Crippen molar-refractivity contribution in [3.8, 4) is 17.1 Å². The molecule has 2 rings (SSSR count). The largest absolute Gasteiger partial charge is 0.495 e. The smallest absolute Gasteiger partial charge is 0.161 e. The minimum atomic E-state index is 0.295. The molecular weight excluding hydrogens is 274 g/mol. The summed E-state index contributed by atoms with van der Waals surface area (Å²) < 4.78 is 5.14. The first-order chi connectivity index (χ1) is 9.43. The molecule has 0 atom stereocenters. The number of rotatable bonds is 3. The quantitative estimate of drug-likeness (QED) is 0.934. The predicted octanol–water partition coefficient (Wildman–Crippen LogP) is 3.82. The van der Waals surface area contributed by atoms with Crippen LogP contribution in [-0.2, 0) is 0 Å². The molecule has 0 aliphatic rings. The Balaban J connectivity index is 2.51. The predicted molar refractivity (Wildman–Crippen MR) is 82.3 cm³/mol. The third-order valence-electron chi connectivity index (χ3n) is 3.15. The monoisotopic (exact) mass is 291 g/mol. The van der Waals surface area contributed by atoms with Crippen LogP contribution >= 0.6 is 11.6 Å². The maximum Gasteiger partial charge on any atom is 0.161 e. The van der Waals surface area contributed by atoms with E-state index >= 15 is 0 Å². The van der Waals surface area contributed by atoms with Crippen molar-refractivity contribution in [2.45, 2.75) is 26.7 Å². The van der Waals surface area contributed by atoms with Crippen molar-refractivity contribution in [3.63, 3.8) is 0 Å². The van der Waals surface area contributed by atoms with Crippen LogP contribution in [0.15, 0.2) is 18.2 Å². The zero-order chi connectivity index (χ0) is 14.9. The molecule has 0 saturated heterocycles. The first kappa shape index (κ1) is 14.6. The Labute approximate surface area is 124 Å². The van der Waals surface area contributed by atoms with E-state index in [2.05, 4.69) is 23.8 Å². The van der Waals surface area contributed by atoms with Crippen molar-refractivity contribution in [1.82, 2.24) is 9.97 Å². The van der Waals surface area contributed by atoms with Crippen LogP contribution in [-0.4, -0.2) is 17.1 Å². The molecule has 0 spiro atoms. The number of methoxy groups -OCH3 is 1. The molecule has 20 heavy (non-hydrogen) atoms. The van der Waals surface area contributed by atoms with E-state index in [-0.39, 0.29) is 0 Å². The molecule has 1 aromatic heterocycles. The summed E-state index contributed by atoms with van der Waals surface area (Å²) in [5, 5.41) is 0.526. The van der Waals surface area contributed by atoms with Crippen LogP contribution in [0.2, 0.25) is 5.02 Å². The molecule has 2 aromatic rings. The number of hydrogen-bond acceptors (Lipinski definition) is 4. The Morgan fingerprint density at radius 2 is 1.95 bits per heavy atom. The summed E-state index contributed by atoms with van der Waals surface area (Å²) in [6, 6.07) is 5.44. The van der Waals surface area contributed by atoms with E-state index in [9.17, 15) is 0 Å². The van der Waals surface area contributed by atoms with Crippen LogP contribution in [0.25, 0.3) is 11.4 Å². The zero-order valence-electron chi connectivity index (χ0n) is 12.1. The lowest BCUT2D eigenvalue weighted by Gasteiger charge is -2.13. The van der Waals surface area contributed by atoms with Gasteiger partial charge in [-0.15, -0.1) is 0 Å². The second-order valence-corrected chi connectivity index (χ2v) is 5.34. The third-order valence-corrected chi connectivity index (χ3v) is 3.45. The summed E-state index contributed by atoms with van der Waals surface area (Å²) in [6.45, 7) is 6.10. The second kappa shape index (κ2) is 5.67. The molecule has 5 heteroatoms. The van der Waals surface area contributed by atoms with E-state index in [1.807, 2.05) is 13.0 Å². The van der Waals surface area contributed by atoms with Crippen LogP contribution in [0.5, 0.6) is 5.75 Å². The van der Waals surface area contributed by atoms with Gasteiger partial charge in [0.1, 0.15) is 11.6 Å². The number of nitrogens with two attached hydrogens (primary N) is 1. The van der Waals surface area contributed by atoms with Crippen molar-refractivity contribution >= 4 is 17.4 Å². The lowest BCUT2D eigenvalue weighted by molar-refractivity contribution is 0.415. The number of nitrogens with zero attached hydrogens (tertiary/aromatic N) is 2. The van der Waals surface area contributed by atoms with Crippen LogP contribution in [0.4, 0.5) is 5.82 Å². The number of ether oxygens (including phenoxy) is 1. The van der Waals surface area contributed by atoms with Gasteiger partial charge in [-0.2, -0.15) is 0 Å². The maximum atomic E-state index is 6.13. The van der Waals surface area contributed by atoms with Gasteiger partial charge in [0.05, 0.1) is 12.1 Å². The molecule has 0 aliphatic carbocycles. The summed E-state index contributed by atoms with van der Waals surface area (Å²) in [7, 11) is 1.58. The number of anilines is 1. The van der Waals surface area contributed by atoms with E-state index < -0.39 is 0 Å². The standard InChI is InChI=1S/C15H18ClN3O/c1-8(2)13-9(3)18-15(19-14(13)17)10-5-6-12(20-4)11(16)7-10/h5-8H,1-4H3,(H2,17,18,19). The third kappa shape index (κ3) is 2.70. The van der Waals surface area contributed by atoms with E-state index in [0.29, 0.717) is 28.3 Å². The molecule has 1 aromatic carbocycles. The first-order valence-electron chi connectivity index (χ1n) is 6.42. The summed E-state index contributed by atoms with van der Waals surface area (Å²) in [5.74, 6) is 2.02. The fraction of sp³-hybridized carbons (Fsp3) is 0.333. The van der Waals surface area contributed by atoms with Crippen LogP contribution in [0.3, 0.4) is 0 Å². The van der Waals surface area contributed by atoms with Gasteiger partial charge in [-0.1, -0.05) is 25.4 Å². The zero-order valence-corrected chi connectivity index (χ0v) is 12.8. The van der Waals surface area contributed by atoms with E-state index in [1.54, 1.807) is 19.2 Å². The molecule has 106 valence electrons. The second-order valence-electron chi connectivity index (χ2n) is 4.94. The molecule has 0 fully saturated rings. The Hall–Kier alpha value is -1.81. The normalized spacial score (nSPS) is 10.9.